The number of unbranched alkanes of at least 4 members (excludes halogenated alkanes) is 1. The predicted molar refractivity (Wildman–Crippen MR) is 95.8 cm³/mol. The van der Waals surface area contributed by atoms with Crippen LogP contribution in [0, 0.1) is 0 Å². The smallest absolute Gasteiger partial charge is 0.266 e. The Balaban J connectivity index is 1.74. The summed E-state index contributed by atoms with van der Waals surface area (Å²) in [7, 11) is 0. The van der Waals surface area contributed by atoms with Crippen molar-refractivity contribution in [3.8, 4) is 5.75 Å². The number of hydrogen-bond acceptors (Lipinski definition) is 3. The number of aryl methyl sites for hydroxylation is 1. The second-order valence-electron chi connectivity index (χ2n) is 5.93. The maximum Gasteiger partial charge on any atom is 0.266 e. The third kappa shape index (κ3) is 3.75. The summed E-state index contributed by atoms with van der Waals surface area (Å²) in [6.45, 7) is 2.81. The molecule has 0 saturated carbocycles. The Bertz CT molecular complexity index is 678. The van der Waals surface area contributed by atoms with E-state index in [0.29, 0.717) is 6.61 Å². The van der Waals surface area contributed by atoms with E-state index in [4.69, 9.17) is 4.74 Å². The van der Waals surface area contributed by atoms with E-state index < -0.39 is 0 Å². The van der Waals surface area contributed by atoms with Crippen molar-refractivity contribution >= 4 is 22.9 Å². The van der Waals surface area contributed by atoms with Gasteiger partial charge < -0.3 is 10.1 Å². The zero-order chi connectivity index (χ0) is 16.1. The number of rotatable bonds is 6. The molecule has 0 fully saturated rings. The van der Waals surface area contributed by atoms with Gasteiger partial charge in [-0.25, -0.2) is 0 Å². The predicted octanol–water partition coefficient (Wildman–Crippen LogP) is 5.06. The second kappa shape index (κ2) is 7.64. The minimum absolute atomic E-state index is 0.00954. The Kier molecular flexibility index (Phi) is 5.34. The molecule has 0 aliphatic heterocycles. The van der Waals surface area contributed by atoms with E-state index in [1.165, 1.54) is 24.0 Å². The molecule has 3 rings (SSSR count). The van der Waals surface area contributed by atoms with Crippen LogP contribution >= 0.6 is 11.3 Å². The molecule has 23 heavy (non-hydrogen) atoms. The molecular weight excluding hydrogens is 306 g/mol. The monoisotopic (exact) mass is 329 g/mol. The van der Waals surface area contributed by atoms with Crippen LogP contribution in [-0.4, -0.2) is 12.5 Å². The number of anilines is 1. The maximum atomic E-state index is 12.7. The Morgan fingerprint density at radius 2 is 2.09 bits per heavy atom. The van der Waals surface area contributed by atoms with Gasteiger partial charge in [0.2, 0.25) is 0 Å². The summed E-state index contributed by atoms with van der Waals surface area (Å²) in [4.78, 5) is 13.5. The van der Waals surface area contributed by atoms with Gasteiger partial charge >= 0.3 is 0 Å². The van der Waals surface area contributed by atoms with Crippen molar-refractivity contribution in [1.29, 1.82) is 0 Å². The summed E-state index contributed by atoms with van der Waals surface area (Å²) in [5.74, 6) is 0.740. The van der Waals surface area contributed by atoms with Crippen molar-refractivity contribution < 1.29 is 9.53 Å². The normalized spacial score (nSPS) is 13.4. The number of carbonyl (C=O) groups excluding carboxylic acids is 1. The molecule has 1 N–H and O–H groups in total. The first-order chi connectivity index (χ1) is 11.3. The summed E-state index contributed by atoms with van der Waals surface area (Å²) < 4.78 is 5.80. The average Bonchev–Trinajstić information content (AvgIpc) is 3.01. The fourth-order valence-corrected chi connectivity index (χ4v) is 3.96. The van der Waals surface area contributed by atoms with E-state index in [2.05, 4.69) is 17.6 Å². The standard InChI is InChI=1S/C19H23NO2S/c1-2-3-12-22-17-11-7-6-10-16(17)20-19(21)18-15-9-5-4-8-14(15)13-23-18/h6-7,10-11,13H,2-5,8-9,12H2,1H3,(H,20,21). The first-order valence-electron chi connectivity index (χ1n) is 8.42. The lowest BCUT2D eigenvalue weighted by atomic mass is 9.94. The largest absolute Gasteiger partial charge is 0.491 e. The highest BCUT2D eigenvalue weighted by molar-refractivity contribution is 7.12. The summed E-state index contributed by atoms with van der Waals surface area (Å²) in [5, 5.41) is 5.18. The molecular formula is C19H23NO2S. The third-order valence-corrected chi connectivity index (χ3v) is 5.27. The Labute approximate surface area is 141 Å². The summed E-state index contributed by atoms with van der Waals surface area (Å²) in [6, 6.07) is 7.67. The van der Waals surface area contributed by atoms with Crippen LogP contribution in [0.3, 0.4) is 0 Å². The van der Waals surface area contributed by atoms with Gasteiger partial charge in [-0.1, -0.05) is 25.5 Å². The molecule has 1 aromatic heterocycles. The zero-order valence-corrected chi connectivity index (χ0v) is 14.4. The Morgan fingerprint density at radius 1 is 1.26 bits per heavy atom. The molecule has 1 amide bonds. The van der Waals surface area contributed by atoms with Crippen LogP contribution in [0.1, 0.15) is 53.4 Å². The maximum absolute atomic E-state index is 12.7. The van der Waals surface area contributed by atoms with Gasteiger partial charge in [0.05, 0.1) is 17.2 Å². The molecule has 0 radical (unpaired) electrons. The number of carbonyl (C=O) groups is 1. The van der Waals surface area contributed by atoms with E-state index in [0.717, 1.165) is 42.0 Å². The highest BCUT2D eigenvalue weighted by atomic mass is 32.1. The number of ether oxygens (including phenoxy) is 1. The summed E-state index contributed by atoms with van der Waals surface area (Å²) in [5.41, 5.74) is 3.37. The van der Waals surface area contributed by atoms with E-state index in [1.807, 2.05) is 24.3 Å². The molecule has 1 heterocycles. The van der Waals surface area contributed by atoms with Crippen LogP contribution < -0.4 is 10.1 Å². The molecule has 0 unspecified atom stereocenters. The summed E-state index contributed by atoms with van der Waals surface area (Å²) >= 11 is 1.57. The van der Waals surface area contributed by atoms with Gasteiger partial charge in [-0.15, -0.1) is 11.3 Å². The topological polar surface area (TPSA) is 38.3 Å². The van der Waals surface area contributed by atoms with Gasteiger partial charge in [0.1, 0.15) is 5.75 Å². The molecule has 0 bridgehead atoms. The molecule has 3 nitrogen and oxygen atoms in total. The molecule has 2 aromatic rings. The summed E-state index contributed by atoms with van der Waals surface area (Å²) in [6.07, 6.45) is 6.66. The molecule has 1 aliphatic rings. The van der Waals surface area contributed by atoms with Gasteiger partial charge in [0.15, 0.2) is 0 Å². The fourth-order valence-electron chi connectivity index (χ4n) is 2.91. The molecule has 1 aliphatic carbocycles. The van der Waals surface area contributed by atoms with Crippen LogP contribution in [0.25, 0.3) is 0 Å². The number of thiophene rings is 1. The second-order valence-corrected chi connectivity index (χ2v) is 6.81. The average molecular weight is 329 g/mol. The molecule has 4 heteroatoms. The highest BCUT2D eigenvalue weighted by Gasteiger charge is 2.21. The van der Waals surface area contributed by atoms with E-state index in [-0.39, 0.29) is 5.91 Å². The Hall–Kier alpha value is -1.81. The van der Waals surface area contributed by atoms with Gasteiger partial charge in [0, 0.05) is 0 Å². The number of para-hydroxylation sites is 2. The lowest BCUT2D eigenvalue weighted by Crippen LogP contribution is -2.14. The fraction of sp³-hybridized carbons (Fsp3) is 0.421. The Morgan fingerprint density at radius 3 is 2.96 bits per heavy atom. The van der Waals surface area contributed by atoms with Crippen molar-refractivity contribution in [3.63, 3.8) is 0 Å². The minimum atomic E-state index is -0.00954. The van der Waals surface area contributed by atoms with Crippen LogP contribution in [-0.2, 0) is 12.8 Å². The molecule has 122 valence electrons. The van der Waals surface area contributed by atoms with Gasteiger partial charge in [-0.2, -0.15) is 0 Å². The number of nitrogens with one attached hydrogen (secondary N) is 1. The zero-order valence-electron chi connectivity index (χ0n) is 13.6. The van der Waals surface area contributed by atoms with Crippen molar-refractivity contribution in [2.45, 2.75) is 45.4 Å². The minimum Gasteiger partial charge on any atom is -0.491 e. The lowest BCUT2D eigenvalue weighted by molar-refractivity contribution is 0.102. The van der Waals surface area contributed by atoms with E-state index >= 15 is 0 Å². The van der Waals surface area contributed by atoms with Crippen molar-refractivity contribution in [1.82, 2.24) is 0 Å². The number of benzene rings is 1. The SMILES string of the molecule is CCCCOc1ccccc1NC(=O)c1scc2c1CCCC2. The quantitative estimate of drug-likeness (QED) is 0.752. The molecule has 0 spiro atoms. The van der Waals surface area contributed by atoms with Crippen LogP contribution in [0.4, 0.5) is 5.69 Å². The van der Waals surface area contributed by atoms with E-state index in [1.54, 1.807) is 11.3 Å². The van der Waals surface area contributed by atoms with Crippen molar-refractivity contribution in [3.05, 3.63) is 45.6 Å². The first kappa shape index (κ1) is 16.1. The van der Waals surface area contributed by atoms with Crippen LogP contribution in [0.5, 0.6) is 5.75 Å². The number of amides is 1. The molecule has 0 saturated heterocycles. The lowest BCUT2D eigenvalue weighted by Gasteiger charge is -2.14. The molecule has 0 atom stereocenters. The van der Waals surface area contributed by atoms with Crippen molar-refractivity contribution in [2.75, 3.05) is 11.9 Å². The van der Waals surface area contributed by atoms with E-state index in [9.17, 15) is 4.79 Å². The molecule has 1 aromatic carbocycles. The van der Waals surface area contributed by atoms with Gasteiger partial charge in [0.25, 0.3) is 5.91 Å². The first-order valence-corrected chi connectivity index (χ1v) is 9.30. The van der Waals surface area contributed by atoms with Crippen molar-refractivity contribution in [2.24, 2.45) is 0 Å². The van der Waals surface area contributed by atoms with Crippen LogP contribution in [0.2, 0.25) is 0 Å². The third-order valence-electron chi connectivity index (χ3n) is 4.20. The van der Waals surface area contributed by atoms with Gasteiger partial charge in [-0.3, -0.25) is 4.79 Å². The highest BCUT2D eigenvalue weighted by Crippen LogP contribution is 2.31. The van der Waals surface area contributed by atoms with Gasteiger partial charge in [-0.05, 0) is 60.7 Å². The van der Waals surface area contributed by atoms with Crippen LogP contribution in [0.15, 0.2) is 29.6 Å². The number of fused-ring (bicyclic) bond motifs is 1. The number of hydrogen-bond donors (Lipinski definition) is 1.